The van der Waals surface area contributed by atoms with Gasteiger partial charge in [-0.2, -0.15) is 0 Å². The second-order valence-corrected chi connectivity index (χ2v) is 7.06. The molecule has 0 bridgehead atoms. The minimum atomic E-state index is -3.21. The van der Waals surface area contributed by atoms with Gasteiger partial charge in [-0.25, -0.2) is 8.42 Å². The van der Waals surface area contributed by atoms with Crippen molar-refractivity contribution in [3.05, 3.63) is 29.8 Å². The Morgan fingerprint density at radius 2 is 1.79 bits per heavy atom. The molecular weight excluding hydrogens is 264 g/mol. The smallest absolute Gasteiger partial charge is 0.175 e. The van der Waals surface area contributed by atoms with Gasteiger partial charge in [-0.05, 0) is 44.8 Å². The molecule has 0 fully saturated rings. The number of aliphatic hydroxyl groups excluding tert-OH is 1. The lowest BCUT2D eigenvalue weighted by molar-refractivity contribution is 0.137. The van der Waals surface area contributed by atoms with E-state index in [0.717, 1.165) is 12.8 Å². The maximum atomic E-state index is 11.3. The zero-order valence-electron chi connectivity index (χ0n) is 11.6. The van der Waals surface area contributed by atoms with E-state index in [1.165, 1.54) is 12.1 Å². The third-order valence-electron chi connectivity index (χ3n) is 2.96. The topological polar surface area (TPSA) is 83.6 Å². The van der Waals surface area contributed by atoms with E-state index in [9.17, 15) is 13.5 Å². The standard InChI is InChI=1S/C13H22N2O3S/c1-15(2)9-8-12(14)13(16)10-4-6-11(7-5-10)19(3,17)18/h4-7,12-13,16H,8-9,14H2,1-3H3. The summed E-state index contributed by atoms with van der Waals surface area (Å²) >= 11 is 0. The molecule has 0 aliphatic carbocycles. The molecule has 1 aromatic rings. The Hall–Kier alpha value is -0.950. The van der Waals surface area contributed by atoms with Gasteiger partial charge in [0.1, 0.15) is 0 Å². The van der Waals surface area contributed by atoms with E-state index < -0.39 is 15.9 Å². The molecule has 5 nitrogen and oxygen atoms in total. The summed E-state index contributed by atoms with van der Waals surface area (Å²) in [7, 11) is 0.682. The Kier molecular flexibility index (Phi) is 5.49. The van der Waals surface area contributed by atoms with Crippen LogP contribution in [-0.2, 0) is 9.84 Å². The molecule has 0 aromatic heterocycles. The van der Waals surface area contributed by atoms with Crippen LogP contribution in [0, 0.1) is 0 Å². The molecule has 0 aliphatic rings. The van der Waals surface area contributed by atoms with E-state index in [4.69, 9.17) is 5.73 Å². The predicted molar refractivity (Wildman–Crippen MR) is 75.7 cm³/mol. The van der Waals surface area contributed by atoms with Gasteiger partial charge < -0.3 is 15.7 Å². The predicted octanol–water partition coefficient (Wildman–Crippen LogP) is 0.403. The Morgan fingerprint density at radius 3 is 2.21 bits per heavy atom. The van der Waals surface area contributed by atoms with Gasteiger partial charge in [0.2, 0.25) is 0 Å². The molecule has 0 saturated heterocycles. The van der Waals surface area contributed by atoms with Gasteiger partial charge in [0.15, 0.2) is 9.84 Å². The zero-order valence-corrected chi connectivity index (χ0v) is 12.4. The summed E-state index contributed by atoms with van der Waals surface area (Å²) in [5.74, 6) is 0. The van der Waals surface area contributed by atoms with Gasteiger partial charge in [-0.3, -0.25) is 0 Å². The second kappa shape index (κ2) is 6.47. The molecule has 108 valence electrons. The lowest BCUT2D eigenvalue weighted by Crippen LogP contribution is -2.32. The maximum absolute atomic E-state index is 11.3. The fourth-order valence-electron chi connectivity index (χ4n) is 1.72. The van der Waals surface area contributed by atoms with Crippen LogP contribution in [0.5, 0.6) is 0 Å². The van der Waals surface area contributed by atoms with E-state index >= 15 is 0 Å². The Labute approximate surface area is 115 Å². The van der Waals surface area contributed by atoms with Crippen molar-refractivity contribution in [1.29, 1.82) is 0 Å². The van der Waals surface area contributed by atoms with Crippen molar-refractivity contribution in [3.8, 4) is 0 Å². The summed E-state index contributed by atoms with van der Waals surface area (Å²) in [5.41, 5.74) is 6.56. The first-order chi connectivity index (χ1) is 8.71. The van der Waals surface area contributed by atoms with Gasteiger partial charge in [0.25, 0.3) is 0 Å². The van der Waals surface area contributed by atoms with Gasteiger partial charge in [-0.1, -0.05) is 12.1 Å². The molecule has 2 atom stereocenters. The lowest BCUT2D eigenvalue weighted by Gasteiger charge is -2.21. The third-order valence-corrected chi connectivity index (χ3v) is 4.09. The summed E-state index contributed by atoms with van der Waals surface area (Å²) in [4.78, 5) is 2.24. The highest BCUT2D eigenvalue weighted by Gasteiger charge is 2.17. The van der Waals surface area contributed by atoms with Crippen molar-refractivity contribution in [2.45, 2.75) is 23.5 Å². The van der Waals surface area contributed by atoms with Crippen LogP contribution >= 0.6 is 0 Å². The minimum absolute atomic E-state index is 0.241. The van der Waals surface area contributed by atoms with Crippen LogP contribution in [-0.4, -0.2) is 51.4 Å². The minimum Gasteiger partial charge on any atom is -0.387 e. The molecule has 6 heteroatoms. The number of benzene rings is 1. The summed E-state index contributed by atoms with van der Waals surface area (Å²) < 4.78 is 22.7. The maximum Gasteiger partial charge on any atom is 0.175 e. The molecule has 19 heavy (non-hydrogen) atoms. The Bertz CT molecular complexity index is 497. The first-order valence-corrected chi connectivity index (χ1v) is 7.99. The largest absolute Gasteiger partial charge is 0.387 e. The van der Waals surface area contributed by atoms with Gasteiger partial charge in [0, 0.05) is 12.3 Å². The lowest BCUT2D eigenvalue weighted by atomic mass is 10.0. The van der Waals surface area contributed by atoms with E-state index in [1.54, 1.807) is 12.1 Å². The average Bonchev–Trinajstić information content (AvgIpc) is 2.34. The fourth-order valence-corrected chi connectivity index (χ4v) is 2.36. The molecule has 1 aromatic carbocycles. The monoisotopic (exact) mass is 286 g/mol. The van der Waals surface area contributed by atoms with E-state index in [0.29, 0.717) is 12.0 Å². The van der Waals surface area contributed by atoms with E-state index in [1.807, 2.05) is 19.0 Å². The normalized spacial score (nSPS) is 15.5. The van der Waals surface area contributed by atoms with Crippen LogP contribution in [0.2, 0.25) is 0 Å². The van der Waals surface area contributed by atoms with Crippen LogP contribution in [0.15, 0.2) is 29.2 Å². The van der Waals surface area contributed by atoms with Crippen LogP contribution in [0.1, 0.15) is 18.1 Å². The molecule has 0 heterocycles. The SMILES string of the molecule is CN(C)CCC(N)C(O)c1ccc(S(C)(=O)=O)cc1. The number of nitrogens with zero attached hydrogens (tertiary/aromatic N) is 1. The molecule has 0 amide bonds. The molecule has 0 saturated carbocycles. The second-order valence-electron chi connectivity index (χ2n) is 5.04. The molecule has 2 unspecified atom stereocenters. The number of hydrogen-bond acceptors (Lipinski definition) is 5. The van der Waals surface area contributed by atoms with E-state index in [2.05, 4.69) is 0 Å². The van der Waals surface area contributed by atoms with Crippen LogP contribution in [0.25, 0.3) is 0 Å². The van der Waals surface area contributed by atoms with Gasteiger partial charge in [0.05, 0.1) is 11.0 Å². The molecule has 0 aliphatic heterocycles. The van der Waals surface area contributed by atoms with Crippen molar-refractivity contribution in [3.63, 3.8) is 0 Å². The highest BCUT2D eigenvalue weighted by Crippen LogP contribution is 2.19. The highest BCUT2D eigenvalue weighted by atomic mass is 32.2. The Morgan fingerprint density at radius 1 is 1.26 bits per heavy atom. The van der Waals surface area contributed by atoms with Gasteiger partial charge >= 0.3 is 0 Å². The molecule has 1 rings (SSSR count). The number of sulfone groups is 1. The van der Waals surface area contributed by atoms with Crippen LogP contribution in [0.4, 0.5) is 0 Å². The quantitative estimate of drug-likeness (QED) is 0.791. The number of hydrogen-bond donors (Lipinski definition) is 2. The average molecular weight is 286 g/mol. The molecule has 0 radical (unpaired) electrons. The summed E-state index contributed by atoms with van der Waals surface area (Å²) in [5, 5.41) is 10.1. The van der Waals surface area contributed by atoms with Crippen LogP contribution in [0.3, 0.4) is 0 Å². The highest BCUT2D eigenvalue weighted by molar-refractivity contribution is 7.90. The first kappa shape index (κ1) is 16.1. The summed E-state index contributed by atoms with van der Waals surface area (Å²) in [6, 6.07) is 5.83. The van der Waals surface area contributed by atoms with Gasteiger partial charge in [-0.15, -0.1) is 0 Å². The van der Waals surface area contributed by atoms with Crippen molar-refractivity contribution in [1.82, 2.24) is 4.90 Å². The van der Waals surface area contributed by atoms with Crippen LogP contribution < -0.4 is 5.73 Å². The van der Waals surface area contributed by atoms with Crippen molar-refractivity contribution in [2.75, 3.05) is 26.9 Å². The van der Waals surface area contributed by atoms with Crippen molar-refractivity contribution < 1.29 is 13.5 Å². The zero-order chi connectivity index (χ0) is 14.6. The summed E-state index contributed by atoms with van der Waals surface area (Å²) in [6.07, 6.45) is 1.04. The van der Waals surface area contributed by atoms with Crippen molar-refractivity contribution >= 4 is 9.84 Å². The van der Waals surface area contributed by atoms with E-state index in [-0.39, 0.29) is 10.9 Å². The molecule has 3 N–H and O–H groups in total. The number of aliphatic hydroxyl groups is 1. The fraction of sp³-hybridized carbons (Fsp3) is 0.538. The molecular formula is C13H22N2O3S. The third kappa shape index (κ3) is 4.91. The first-order valence-electron chi connectivity index (χ1n) is 6.10. The molecule has 0 spiro atoms. The van der Waals surface area contributed by atoms with Crippen molar-refractivity contribution in [2.24, 2.45) is 5.73 Å². The number of rotatable bonds is 6. The summed E-state index contributed by atoms with van der Waals surface area (Å²) in [6.45, 7) is 0.791. The Balaban J connectivity index is 2.75. The number of nitrogens with two attached hydrogens (primary N) is 1.